The van der Waals surface area contributed by atoms with E-state index < -0.39 is 0 Å². The monoisotopic (exact) mass is 291 g/mol. The summed E-state index contributed by atoms with van der Waals surface area (Å²) in [5.74, 6) is 1.76. The Hall–Kier alpha value is -1.36. The van der Waals surface area contributed by atoms with Crippen LogP contribution >= 0.6 is 0 Å². The minimum atomic E-state index is -0.0296. The van der Waals surface area contributed by atoms with E-state index in [1.807, 2.05) is 4.90 Å². The summed E-state index contributed by atoms with van der Waals surface area (Å²) in [6.45, 7) is 8.94. The molecule has 1 amide bonds. The number of likely N-dealkylation sites (tertiary alicyclic amines) is 1. The maximum absolute atomic E-state index is 12.5. The number of rotatable bonds is 3. The Kier molecular flexibility index (Phi) is 4.29. The Balaban J connectivity index is 1.71. The standard InChI is InChI=1S/C16H25N3O2/c1-3-7-18-9-6-14-13(11-18)17-15(21-14)16(20)19-8-4-5-12(2)10-19/h12H,3-11H2,1-2H3/t12-/m0/s1. The minimum absolute atomic E-state index is 0.0296. The lowest BCUT2D eigenvalue weighted by molar-refractivity contribution is 0.0640. The highest BCUT2D eigenvalue weighted by atomic mass is 16.4. The van der Waals surface area contributed by atoms with Crippen molar-refractivity contribution in [1.82, 2.24) is 14.8 Å². The van der Waals surface area contributed by atoms with Crippen LogP contribution in [0.25, 0.3) is 0 Å². The Morgan fingerprint density at radius 2 is 2.29 bits per heavy atom. The fourth-order valence-electron chi connectivity index (χ4n) is 3.36. The smallest absolute Gasteiger partial charge is 0.309 e. The van der Waals surface area contributed by atoms with Crippen molar-refractivity contribution >= 4 is 5.91 Å². The maximum Gasteiger partial charge on any atom is 0.309 e. The van der Waals surface area contributed by atoms with Crippen molar-refractivity contribution in [2.75, 3.05) is 26.2 Å². The van der Waals surface area contributed by atoms with Crippen LogP contribution in [0.15, 0.2) is 4.42 Å². The highest BCUT2D eigenvalue weighted by molar-refractivity contribution is 5.89. The molecule has 2 aliphatic rings. The number of aromatic nitrogens is 1. The van der Waals surface area contributed by atoms with Gasteiger partial charge < -0.3 is 9.32 Å². The Labute approximate surface area is 126 Å². The first-order chi connectivity index (χ1) is 10.2. The van der Waals surface area contributed by atoms with E-state index in [9.17, 15) is 4.79 Å². The first-order valence-corrected chi connectivity index (χ1v) is 8.17. The zero-order valence-corrected chi connectivity index (χ0v) is 13.1. The van der Waals surface area contributed by atoms with Gasteiger partial charge in [0.05, 0.1) is 5.69 Å². The van der Waals surface area contributed by atoms with Gasteiger partial charge in [-0.2, -0.15) is 0 Å². The van der Waals surface area contributed by atoms with Gasteiger partial charge in [0.2, 0.25) is 0 Å². The maximum atomic E-state index is 12.5. The molecule has 1 fully saturated rings. The van der Waals surface area contributed by atoms with Gasteiger partial charge in [0.25, 0.3) is 5.89 Å². The van der Waals surface area contributed by atoms with Crippen LogP contribution in [0.5, 0.6) is 0 Å². The highest BCUT2D eigenvalue weighted by Gasteiger charge is 2.29. The second-order valence-corrected chi connectivity index (χ2v) is 6.41. The quantitative estimate of drug-likeness (QED) is 0.857. The number of nitrogens with zero attached hydrogens (tertiary/aromatic N) is 3. The average Bonchev–Trinajstić information content (AvgIpc) is 2.90. The van der Waals surface area contributed by atoms with Crippen LogP contribution in [0.3, 0.4) is 0 Å². The van der Waals surface area contributed by atoms with Crippen LogP contribution in [-0.2, 0) is 13.0 Å². The SMILES string of the molecule is CCCN1CCc2oc(C(=O)N3CCC[C@H](C)C3)nc2C1. The molecule has 0 spiro atoms. The van der Waals surface area contributed by atoms with E-state index >= 15 is 0 Å². The molecule has 5 nitrogen and oxygen atoms in total. The van der Waals surface area contributed by atoms with E-state index in [2.05, 4.69) is 23.7 Å². The summed E-state index contributed by atoms with van der Waals surface area (Å²) in [6.07, 6.45) is 4.30. The first kappa shape index (κ1) is 14.6. The molecule has 1 saturated heterocycles. The van der Waals surface area contributed by atoms with E-state index in [1.54, 1.807) is 0 Å². The molecule has 0 bridgehead atoms. The van der Waals surface area contributed by atoms with Gasteiger partial charge in [-0.1, -0.05) is 13.8 Å². The van der Waals surface area contributed by atoms with Gasteiger partial charge in [0.15, 0.2) is 0 Å². The molecular weight excluding hydrogens is 266 g/mol. The summed E-state index contributed by atoms with van der Waals surface area (Å²) < 4.78 is 5.75. The van der Waals surface area contributed by atoms with E-state index in [0.717, 1.165) is 63.4 Å². The zero-order chi connectivity index (χ0) is 14.8. The van der Waals surface area contributed by atoms with E-state index in [1.165, 1.54) is 6.42 Å². The van der Waals surface area contributed by atoms with Crippen LogP contribution in [0.2, 0.25) is 0 Å². The van der Waals surface area contributed by atoms with Gasteiger partial charge in [-0.3, -0.25) is 9.69 Å². The number of carbonyl (C=O) groups is 1. The number of oxazole rings is 1. The number of fused-ring (bicyclic) bond motifs is 1. The molecule has 3 rings (SSSR count). The highest BCUT2D eigenvalue weighted by Crippen LogP contribution is 2.22. The first-order valence-electron chi connectivity index (χ1n) is 8.17. The van der Waals surface area contributed by atoms with Crippen LogP contribution in [0.1, 0.15) is 55.2 Å². The fraction of sp³-hybridized carbons (Fsp3) is 0.750. The second kappa shape index (κ2) is 6.18. The van der Waals surface area contributed by atoms with Crippen molar-refractivity contribution in [2.24, 2.45) is 5.92 Å². The molecule has 116 valence electrons. The summed E-state index contributed by atoms with van der Waals surface area (Å²) in [6, 6.07) is 0. The predicted molar refractivity (Wildman–Crippen MR) is 80.1 cm³/mol. The van der Waals surface area contributed by atoms with Crippen molar-refractivity contribution in [3.05, 3.63) is 17.3 Å². The Bertz CT molecular complexity index is 512. The molecule has 1 aromatic heterocycles. The predicted octanol–water partition coefficient (Wildman–Crippen LogP) is 2.31. The molecule has 0 aromatic carbocycles. The van der Waals surface area contributed by atoms with Crippen molar-refractivity contribution in [3.63, 3.8) is 0 Å². The summed E-state index contributed by atoms with van der Waals surface area (Å²) in [5.41, 5.74) is 0.961. The number of hydrogen-bond acceptors (Lipinski definition) is 4. The molecule has 1 aromatic rings. The number of hydrogen-bond donors (Lipinski definition) is 0. The second-order valence-electron chi connectivity index (χ2n) is 6.41. The van der Waals surface area contributed by atoms with Crippen LogP contribution in [0.4, 0.5) is 0 Å². The average molecular weight is 291 g/mol. The van der Waals surface area contributed by atoms with Crippen molar-refractivity contribution < 1.29 is 9.21 Å². The molecular formula is C16H25N3O2. The normalized spacial score (nSPS) is 23.1. The molecule has 3 heterocycles. The van der Waals surface area contributed by atoms with Gasteiger partial charge in [-0.05, 0) is 31.7 Å². The molecule has 0 N–H and O–H groups in total. The van der Waals surface area contributed by atoms with Crippen molar-refractivity contribution in [3.8, 4) is 0 Å². The molecule has 0 aliphatic carbocycles. The lowest BCUT2D eigenvalue weighted by atomic mass is 10.0. The van der Waals surface area contributed by atoms with Crippen molar-refractivity contribution in [2.45, 2.75) is 46.1 Å². The molecule has 5 heteroatoms. The van der Waals surface area contributed by atoms with Crippen molar-refractivity contribution in [1.29, 1.82) is 0 Å². The summed E-state index contributed by atoms with van der Waals surface area (Å²) in [5, 5.41) is 0. The summed E-state index contributed by atoms with van der Waals surface area (Å²) in [4.78, 5) is 21.3. The molecule has 2 aliphatic heterocycles. The third-order valence-corrected chi connectivity index (χ3v) is 4.47. The lowest BCUT2D eigenvalue weighted by Gasteiger charge is -2.29. The molecule has 1 atom stereocenters. The number of piperidine rings is 1. The van der Waals surface area contributed by atoms with Gasteiger partial charge in [0.1, 0.15) is 5.76 Å². The topological polar surface area (TPSA) is 49.6 Å². The molecule has 0 unspecified atom stereocenters. The number of carbonyl (C=O) groups excluding carboxylic acids is 1. The van der Waals surface area contributed by atoms with E-state index in [0.29, 0.717) is 11.8 Å². The van der Waals surface area contributed by atoms with E-state index in [-0.39, 0.29) is 5.91 Å². The molecule has 0 radical (unpaired) electrons. The van der Waals surface area contributed by atoms with Gasteiger partial charge >= 0.3 is 5.91 Å². The zero-order valence-electron chi connectivity index (χ0n) is 13.1. The summed E-state index contributed by atoms with van der Waals surface area (Å²) >= 11 is 0. The van der Waals surface area contributed by atoms with Gasteiger partial charge in [-0.25, -0.2) is 4.98 Å². The lowest BCUT2D eigenvalue weighted by Crippen LogP contribution is -2.39. The molecule has 21 heavy (non-hydrogen) atoms. The number of amides is 1. The van der Waals surface area contributed by atoms with Gasteiger partial charge in [0, 0.05) is 32.6 Å². The van der Waals surface area contributed by atoms with Crippen LogP contribution < -0.4 is 0 Å². The largest absolute Gasteiger partial charge is 0.437 e. The fourth-order valence-corrected chi connectivity index (χ4v) is 3.36. The van der Waals surface area contributed by atoms with E-state index in [4.69, 9.17) is 4.42 Å². The van der Waals surface area contributed by atoms with Crippen LogP contribution in [0, 0.1) is 5.92 Å². The van der Waals surface area contributed by atoms with Gasteiger partial charge in [-0.15, -0.1) is 0 Å². The minimum Gasteiger partial charge on any atom is -0.437 e. The third kappa shape index (κ3) is 3.12. The molecule has 0 saturated carbocycles. The van der Waals surface area contributed by atoms with Crippen LogP contribution in [-0.4, -0.2) is 46.9 Å². The Morgan fingerprint density at radius 1 is 1.43 bits per heavy atom. The summed E-state index contributed by atoms with van der Waals surface area (Å²) in [7, 11) is 0. The third-order valence-electron chi connectivity index (χ3n) is 4.47. The Morgan fingerprint density at radius 3 is 3.05 bits per heavy atom.